The number of carbonyl (C=O) groups excluding carboxylic acids is 6. The van der Waals surface area contributed by atoms with Crippen LogP contribution in [-0.4, -0.2) is 108 Å². The highest BCUT2D eigenvalue weighted by atomic mass is 16.4. The maximum absolute atomic E-state index is 13.6. The molecule has 0 unspecified atom stereocenters. The zero-order valence-corrected chi connectivity index (χ0v) is 26.8. The van der Waals surface area contributed by atoms with Gasteiger partial charge < -0.3 is 48.1 Å². The highest BCUT2D eigenvalue weighted by Crippen LogP contribution is 2.10. The van der Waals surface area contributed by atoms with Gasteiger partial charge in [0.05, 0.1) is 19.5 Å². The standard InChI is InChI=1S/C30H45N9O8/c1-17(2)12-19-26(44)35-16-24(41)39(3)22(10-7-11-33-30(31)32)29(47)34-15-23(40)36-21(14-25(42)43)28(46)38-20(27(45)37-19)13-18-8-5-4-6-9-18/h4-6,8-9,17,19-22H,7,10-16H2,1-3H3,(H,34,47)(H,35,44)(H,36,40)(H,37,45)(H,38,46)(H,42,43)(H4,31,32,33)/t19-,20+,21-,22-/m0/s1. The molecule has 1 fully saturated rings. The van der Waals surface area contributed by atoms with Crippen molar-refractivity contribution < 1.29 is 38.7 Å². The van der Waals surface area contributed by atoms with Crippen molar-refractivity contribution in [3.63, 3.8) is 0 Å². The fourth-order valence-electron chi connectivity index (χ4n) is 4.80. The highest BCUT2D eigenvalue weighted by molar-refractivity contribution is 5.97. The molecule has 47 heavy (non-hydrogen) atoms. The zero-order chi connectivity index (χ0) is 35.1. The van der Waals surface area contributed by atoms with Crippen molar-refractivity contribution in [3.05, 3.63) is 35.9 Å². The summed E-state index contributed by atoms with van der Waals surface area (Å²) in [6.07, 6.45) is -0.305. The van der Waals surface area contributed by atoms with Crippen LogP contribution in [0, 0.1) is 5.92 Å². The first-order valence-electron chi connectivity index (χ1n) is 15.2. The van der Waals surface area contributed by atoms with E-state index in [1.807, 2.05) is 13.8 Å². The summed E-state index contributed by atoms with van der Waals surface area (Å²) in [5.74, 6) is -6.23. The number of hydrogen-bond acceptors (Lipinski definition) is 8. The number of aliphatic carboxylic acids is 1. The van der Waals surface area contributed by atoms with Gasteiger partial charge in [0, 0.05) is 20.0 Å². The van der Waals surface area contributed by atoms with Gasteiger partial charge in [0.2, 0.25) is 35.4 Å². The molecule has 17 nitrogen and oxygen atoms in total. The molecule has 0 saturated carbocycles. The molecule has 0 aliphatic carbocycles. The smallest absolute Gasteiger partial charge is 0.305 e. The maximum atomic E-state index is 13.6. The first-order valence-corrected chi connectivity index (χ1v) is 15.2. The molecule has 258 valence electrons. The van der Waals surface area contributed by atoms with Crippen LogP contribution in [0.3, 0.4) is 0 Å². The van der Waals surface area contributed by atoms with Crippen LogP contribution in [0.1, 0.15) is 45.1 Å². The van der Waals surface area contributed by atoms with Crippen LogP contribution < -0.4 is 38.1 Å². The predicted octanol–water partition coefficient (Wildman–Crippen LogP) is -2.67. The highest BCUT2D eigenvalue weighted by Gasteiger charge is 2.33. The van der Waals surface area contributed by atoms with Gasteiger partial charge in [-0.1, -0.05) is 44.2 Å². The normalized spacial score (nSPS) is 22.2. The third-order valence-electron chi connectivity index (χ3n) is 7.22. The number of likely N-dealkylation sites (N-methyl/N-ethyl adjacent to an activating group) is 1. The molecule has 0 bridgehead atoms. The lowest BCUT2D eigenvalue weighted by Gasteiger charge is -2.29. The van der Waals surface area contributed by atoms with Crippen molar-refractivity contribution >= 4 is 47.4 Å². The van der Waals surface area contributed by atoms with Crippen LogP contribution in [-0.2, 0) is 40.0 Å². The summed E-state index contributed by atoms with van der Waals surface area (Å²) < 4.78 is 0. The van der Waals surface area contributed by atoms with E-state index in [0.29, 0.717) is 5.56 Å². The number of benzene rings is 1. The predicted molar refractivity (Wildman–Crippen MR) is 170 cm³/mol. The quantitative estimate of drug-likeness (QED) is 0.0733. The summed E-state index contributed by atoms with van der Waals surface area (Å²) in [4.78, 5) is 95.9. The average molecular weight is 660 g/mol. The molecule has 0 aromatic heterocycles. The van der Waals surface area contributed by atoms with Crippen molar-refractivity contribution in [2.75, 3.05) is 26.7 Å². The fraction of sp³-hybridized carbons (Fsp3) is 0.533. The number of guanidine groups is 1. The largest absolute Gasteiger partial charge is 0.481 e. The van der Waals surface area contributed by atoms with Crippen molar-refractivity contribution in [1.82, 2.24) is 31.5 Å². The number of nitrogens with zero attached hydrogens (tertiary/aromatic N) is 2. The molecule has 10 N–H and O–H groups in total. The summed E-state index contributed by atoms with van der Waals surface area (Å²) in [6, 6.07) is 3.57. The minimum atomic E-state index is -1.61. The molecular weight excluding hydrogens is 614 g/mol. The van der Waals surface area contributed by atoms with E-state index in [0.717, 1.165) is 4.90 Å². The van der Waals surface area contributed by atoms with Gasteiger partial charge in [0.25, 0.3) is 0 Å². The average Bonchev–Trinajstić information content (AvgIpc) is 3.00. The van der Waals surface area contributed by atoms with Crippen LogP contribution >= 0.6 is 0 Å². The van der Waals surface area contributed by atoms with E-state index in [1.54, 1.807) is 30.3 Å². The summed E-state index contributed by atoms with van der Waals surface area (Å²) in [5.41, 5.74) is 11.4. The Labute approximate surface area is 272 Å². The Morgan fingerprint density at radius 2 is 1.51 bits per heavy atom. The Morgan fingerprint density at radius 3 is 2.13 bits per heavy atom. The van der Waals surface area contributed by atoms with Crippen LogP contribution in [0.4, 0.5) is 0 Å². The van der Waals surface area contributed by atoms with E-state index >= 15 is 0 Å². The van der Waals surface area contributed by atoms with E-state index in [1.165, 1.54) is 7.05 Å². The molecule has 1 saturated heterocycles. The lowest BCUT2D eigenvalue weighted by molar-refractivity contribution is -0.142. The van der Waals surface area contributed by atoms with Gasteiger partial charge in [-0.3, -0.25) is 38.6 Å². The van der Waals surface area contributed by atoms with Crippen LogP contribution in [0.5, 0.6) is 0 Å². The van der Waals surface area contributed by atoms with E-state index < -0.39 is 85.1 Å². The Hall–Kier alpha value is -5.22. The van der Waals surface area contributed by atoms with Crippen molar-refractivity contribution in [2.45, 2.75) is 70.1 Å². The molecule has 0 spiro atoms. The molecule has 1 aliphatic heterocycles. The molecule has 0 radical (unpaired) electrons. The second-order valence-corrected chi connectivity index (χ2v) is 11.6. The topological polar surface area (TPSA) is 268 Å². The Morgan fingerprint density at radius 1 is 0.894 bits per heavy atom. The first-order chi connectivity index (χ1) is 22.2. The van der Waals surface area contributed by atoms with E-state index in [-0.39, 0.29) is 44.1 Å². The second-order valence-electron chi connectivity index (χ2n) is 11.6. The second kappa shape index (κ2) is 18.7. The monoisotopic (exact) mass is 659 g/mol. The van der Waals surface area contributed by atoms with Crippen LogP contribution in [0.2, 0.25) is 0 Å². The summed E-state index contributed by atoms with van der Waals surface area (Å²) in [5, 5.41) is 21.8. The van der Waals surface area contributed by atoms with Gasteiger partial charge in [0.15, 0.2) is 5.96 Å². The van der Waals surface area contributed by atoms with E-state index in [4.69, 9.17) is 11.5 Å². The SMILES string of the molecule is CC(C)C[C@@H]1NC(=O)[C@@H](Cc2ccccc2)NC(=O)[C@H](CC(=O)O)NC(=O)CNC(=O)[C@H](CCCN=C(N)N)N(C)C(=O)CNC1=O. The molecule has 17 heteroatoms. The molecule has 1 aromatic rings. The number of nitrogens with two attached hydrogens (primary N) is 2. The molecule has 4 atom stereocenters. The van der Waals surface area contributed by atoms with Gasteiger partial charge >= 0.3 is 5.97 Å². The number of hydrogen-bond donors (Lipinski definition) is 8. The molecule has 6 amide bonds. The number of rotatable bonds is 10. The van der Waals surface area contributed by atoms with Crippen molar-refractivity contribution in [2.24, 2.45) is 22.4 Å². The van der Waals surface area contributed by atoms with Gasteiger partial charge in [-0.2, -0.15) is 0 Å². The van der Waals surface area contributed by atoms with Crippen LogP contribution in [0.15, 0.2) is 35.3 Å². The summed E-state index contributed by atoms with van der Waals surface area (Å²) >= 11 is 0. The number of amides is 6. The Kier molecular flexibility index (Phi) is 15.1. The fourth-order valence-corrected chi connectivity index (χ4v) is 4.80. The van der Waals surface area contributed by atoms with E-state index in [9.17, 15) is 38.7 Å². The molecule has 1 heterocycles. The van der Waals surface area contributed by atoms with Crippen molar-refractivity contribution in [1.29, 1.82) is 0 Å². The third kappa shape index (κ3) is 13.3. The molecule has 1 aliphatic rings. The van der Waals surface area contributed by atoms with E-state index in [2.05, 4.69) is 31.6 Å². The minimum absolute atomic E-state index is 0.0217. The number of nitrogens with one attached hydrogen (secondary N) is 5. The lowest BCUT2D eigenvalue weighted by atomic mass is 10.0. The molecule has 2 rings (SSSR count). The Bertz CT molecular complexity index is 1320. The summed E-state index contributed by atoms with van der Waals surface area (Å²) in [7, 11) is 1.35. The number of carboxylic acid groups (broad SMARTS) is 1. The van der Waals surface area contributed by atoms with Crippen LogP contribution in [0.25, 0.3) is 0 Å². The number of carbonyl (C=O) groups is 7. The third-order valence-corrected chi connectivity index (χ3v) is 7.22. The van der Waals surface area contributed by atoms with Gasteiger partial charge in [-0.05, 0) is 30.7 Å². The maximum Gasteiger partial charge on any atom is 0.305 e. The van der Waals surface area contributed by atoms with Gasteiger partial charge in [-0.25, -0.2) is 0 Å². The van der Waals surface area contributed by atoms with Gasteiger partial charge in [0.1, 0.15) is 24.2 Å². The lowest BCUT2D eigenvalue weighted by Crippen LogP contribution is -2.59. The van der Waals surface area contributed by atoms with Gasteiger partial charge in [-0.15, -0.1) is 0 Å². The number of aliphatic imine (C=N–C) groups is 1. The first kappa shape index (κ1) is 38.0. The Balaban J connectivity index is 2.46. The summed E-state index contributed by atoms with van der Waals surface area (Å²) in [6.45, 7) is 2.66. The van der Waals surface area contributed by atoms with Crippen molar-refractivity contribution in [3.8, 4) is 0 Å². The molecule has 1 aromatic carbocycles. The molecular formula is C30H45N9O8. The zero-order valence-electron chi connectivity index (χ0n) is 26.8. The minimum Gasteiger partial charge on any atom is -0.481 e. The number of carboxylic acids is 1.